The number of benzene rings is 8. The lowest BCUT2D eigenvalue weighted by atomic mass is 9.94. The quantitative estimate of drug-likeness (QED) is 0.178. The van der Waals surface area contributed by atoms with Crippen LogP contribution in [0.5, 0.6) is 0 Å². The molecule has 0 spiro atoms. The highest BCUT2D eigenvalue weighted by molar-refractivity contribution is 6.17. The molecule has 0 aliphatic heterocycles. The predicted molar refractivity (Wildman–Crippen MR) is 209 cm³/mol. The highest BCUT2D eigenvalue weighted by atomic mass is 15.2. The second kappa shape index (κ2) is 12.0. The summed E-state index contributed by atoms with van der Waals surface area (Å²) in [7, 11) is 0. The van der Waals surface area contributed by atoms with E-state index in [2.05, 4.69) is 204 Å². The lowest BCUT2D eigenvalue weighted by Gasteiger charge is -2.29. The van der Waals surface area contributed by atoms with Crippen LogP contribution in [-0.2, 0) is 0 Å². The van der Waals surface area contributed by atoms with Gasteiger partial charge in [-0.1, -0.05) is 140 Å². The Bertz CT molecular complexity index is 2590. The monoisotopic (exact) mass is 626 g/mol. The van der Waals surface area contributed by atoms with Crippen LogP contribution in [0.25, 0.3) is 60.5 Å². The lowest BCUT2D eigenvalue weighted by molar-refractivity contribution is 1.18. The first-order valence-corrected chi connectivity index (χ1v) is 16.9. The van der Waals surface area contributed by atoms with E-state index in [0.29, 0.717) is 0 Å². The summed E-state index contributed by atoms with van der Waals surface area (Å²) in [6.45, 7) is 2.19. The second-order valence-corrected chi connectivity index (χ2v) is 12.7. The Hall–Kier alpha value is -6.38. The van der Waals surface area contributed by atoms with Gasteiger partial charge in [0, 0.05) is 27.7 Å². The number of rotatable bonds is 6. The van der Waals surface area contributed by atoms with Gasteiger partial charge in [0.05, 0.1) is 22.4 Å². The van der Waals surface area contributed by atoms with Crippen molar-refractivity contribution in [2.75, 3.05) is 4.90 Å². The van der Waals surface area contributed by atoms with Crippen LogP contribution in [0.3, 0.4) is 0 Å². The van der Waals surface area contributed by atoms with Gasteiger partial charge in [0.15, 0.2) is 0 Å². The van der Waals surface area contributed by atoms with Gasteiger partial charge >= 0.3 is 0 Å². The largest absolute Gasteiger partial charge is 0.309 e. The summed E-state index contributed by atoms with van der Waals surface area (Å²) in [6.07, 6.45) is 0. The minimum atomic E-state index is 1.11. The van der Waals surface area contributed by atoms with Crippen LogP contribution in [0.1, 0.15) is 5.56 Å². The molecule has 49 heavy (non-hydrogen) atoms. The van der Waals surface area contributed by atoms with Crippen molar-refractivity contribution in [2.24, 2.45) is 0 Å². The molecule has 0 saturated carbocycles. The molecule has 2 heteroatoms. The molecular formula is C47H34N2. The van der Waals surface area contributed by atoms with Gasteiger partial charge < -0.3 is 9.47 Å². The molecule has 0 aliphatic rings. The van der Waals surface area contributed by atoms with E-state index in [1.807, 2.05) is 0 Å². The molecule has 8 aromatic carbocycles. The van der Waals surface area contributed by atoms with Crippen molar-refractivity contribution in [3.63, 3.8) is 0 Å². The summed E-state index contributed by atoms with van der Waals surface area (Å²) in [4.78, 5) is 2.48. The SMILES string of the molecule is Cc1ccc(-c2cccc3ccccc23)c(N(c2ccc(-c3ccccc3)cc2)c2cccc3c2c2ccccc2n3-c2ccccc2)c1. The first-order valence-electron chi connectivity index (χ1n) is 16.9. The molecule has 0 atom stereocenters. The van der Waals surface area contributed by atoms with Gasteiger partial charge in [-0.25, -0.2) is 0 Å². The Morgan fingerprint density at radius 1 is 0.429 bits per heavy atom. The molecule has 0 fully saturated rings. The fraction of sp³-hybridized carbons (Fsp3) is 0.0213. The third-order valence-electron chi connectivity index (χ3n) is 9.64. The third-order valence-corrected chi connectivity index (χ3v) is 9.64. The average molecular weight is 627 g/mol. The molecule has 2 nitrogen and oxygen atoms in total. The van der Waals surface area contributed by atoms with Gasteiger partial charge in [-0.3, -0.25) is 0 Å². The lowest BCUT2D eigenvalue weighted by Crippen LogP contribution is -2.12. The first kappa shape index (κ1) is 28.8. The van der Waals surface area contributed by atoms with Crippen molar-refractivity contribution in [2.45, 2.75) is 6.92 Å². The summed E-state index contributed by atoms with van der Waals surface area (Å²) in [5.41, 5.74) is 12.9. The maximum absolute atomic E-state index is 2.48. The average Bonchev–Trinajstić information content (AvgIpc) is 3.51. The second-order valence-electron chi connectivity index (χ2n) is 12.7. The van der Waals surface area contributed by atoms with E-state index in [0.717, 1.165) is 22.7 Å². The highest BCUT2D eigenvalue weighted by Gasteiger charge is 2.23. The summed E-state index contributed by atoms with van der Waals surface area (Å²) in [5, 5.41) is 4.92. The van der Waals surface area contributed by atoms with E-state index in [1.165, 1.54) is 60.4 Å². The molecule has 0 radical (unpaired) electrons. The van der Waals surface area contributed by atoms with Crippen LogP contribution in [-0.4, -0.2) is 4.57 Å². The van der Waals surface area contributed by atoms with Crippen LogP contribution >= 0.6 is 0 Å². The molecule has 0 saturated heterocycles. The number of fused-ring (bicyclic) bond motifs is 4. The maximum Gasteiger partial charge on any atom is 0.0562 e. The minimum absolute atomic E-state index is 1.11. The molecule has 1 aromatic heterocycles. The Balaban J connectivity index is 1.36. The number of anilines is 3. The molecule has 1 heterocycles. The molecule has 0 unspecified atom stereocenters. The van der Waals surface area contributed by atoms with Crippen LogP contribution in [0.15, 0.2) is 188 Å². The summed E-state index contributed by atoms with van der Waals surface area (Å²) < 4.78 is 2.40. The zero-order valence-corrected chi connectivity index (χ0v) is 27.3. The fourth-order valence-electron chi connectivity index (χ4n) is 7.40. The molecule has 0 N–H and O–H groups in total. The van der Waals surface area contributed by atoms with E-state index < -0.39 is 0 Å². The Morgan fingerprint density at radius 2 is 1.06 bits per heavy atom. The maximum atomic E-state index is 2.48. The number of aryl methyl sites for hydroxylation is 1. The van der Waals surface area contributed by atoms with Crippen LogP contribution in [0.4, 0.5) is 17.1 Å². The number of para-hydroxylation sites is 2. The summed E-state index contributed by atoms with van der Waals surface area (Å²) >= 11 is 0. The zero-order chi connectivity index (χ0) is 32.7. The molecule has 0 amide bonds. The number of aromatic nitrogens is 1. The number of hydrogen-bond donors (Lipinski definition) is 0. The van der Waals surface area contributed by atoms with E-state index in [-0.39, 0.29) is 0 Å². The Morgan fingerprint density at radius 3 is 1.88 bits per heavy atom. The minimum Gasteiger partial charge on any atom is -0.309 e. The summed E-state index contributed by atoms with van der Waals surface area (Å²) in [6, 6.07) is 68.1. The van der Waals surface area contributed by atoms with Crippen LogP contribution in [0, 0.1) is 6.92 Å². The molecular weight excluding hydrogens is 593 g/mol. The van der Waals surface area contributed by atoms with Gasteiger partial charge in [-0.15, -0.1) is 0 Å². The predicted octanol–water partition coefficient (Wildman–Crippen LogP) is 13.0. The van der Waals surface area contributed by atoms with Gasteiger partial charge in [0.1, 0.15) is 0 Å². The topological polar surface area (TPSA) is 8.17 Å². The van der Waals surface area contributed by atoms with Gasteiger partial charge in [-0.05, 0) is 88.5 Å². The number of nitrogens with zero attached hydrogens (tertiary/aromatic N) is 2. The highest BCUT2D eigenvalue weighted by Crippen LogP contribution is 2.47. The van der Waals surface area contributed by atoms with Gasteiger partial charge in [0.25, 0.3) is 0 Å². The standard InChI is InChI=1S/C47H34N2/c1-33-26-31-41(40-22-12-17-36-16-8-9-20-39(36)40)46(32-33)49(38-29-27-35(28-30-38)34-14-4-2-5-15-34)45-25-13-24-44-47(45)42-21-10-11-23-43(42)48(44)37-18-6-3-7-19-37/h2-32H,1H3. The first-order chi connectivity index (χ1) is 24.2. The number of hydrogen-bond acceptors (Lipinski definition) is 1. The Kier molecular flexibility index (Phi) is 7.06. The van der Waals surface area contributed by atoms with E-state index >= 15 is 0 Å². The van der Waals surface area contributed by atoms with E-state index in [1.54, 1.807) is 0 Å². The molecule has 0 aliphatic carbocycles. The van der Waals surface area contributed by atoms with Crippen molar-refractivity contribution < 1.29 is 0 Å². The van der Waals surface area contributed by atoms with Crippen molar-refractivity contribution in [1.29, 1.82) is 0 Å². The van der Waals surface area contributed by atoms with Crippen molar-refractivity contribution in [3.05, 3.63) is 194 Å². The molecule has 0 bridgehead atoms. The van der Waals surface area contributed by atoms with Crippen LogP contribution < -0.4 is 4.90 Å². The van der Waals surface area contributed by atoms with Crippen molar-refractivity contribution in [1.82, 2.24) is 4.57 Å². The van der Waals surface area contributed by atoms with Gasteiger partial charge in [-0.2, -0.15) is 0 Å². The van der Waals surface area contributed by atoms with E-state index in [9.17, 15) is 0 Å². The Labute approximate surface area is 286 Å². The normalized spacial score (nSPS) is 11.4. The van der Waals surface area contributed by atoms with Gasteiger partial charge in [0.2, 0.25) is 0 Å². The molecule has 232 valence electrons. The molecule has 9 rings (SSSR count). The smallest absolute Gasteiger partial charge is 0.0562 e. The zero-order valence-electron chi connectivity index (χ0n) is 27.3. The van der Waals surface area contributed by atoms with Crippen molar-refractivity contribution >= 4 is 49.6 Å². The third kappa shape index (κ3) is 4.97. The summed E-state index contributed by atoms with van der Waals surface area (Å²) in [5.74, 6) is 0. The molecule has 9 aromatic rings. The van der Waals surface area contributed by atoms with Crippen LogP contribution in [0.2, 0.25) is 0 Å². The van der Waals surface area contributed by atoms with E-state index in [4.69, 9.17) is 0 Å². The fourth-order valence-corrected chi connectivity index (χ4v) is 7.40. The van der Waals surface area contributed by atoms with Crippen molar-refractivity contribution in [3.8, 4) is 27.9 Å².